The van der Waals surface area contributed by atoms with Gasteiger partial charge in [-0.15, -0.1) is 0 Å². The largest absolute Gasteiger partial charge is 0.410 e. The topological polar surface area (TPSA) is 125 Å². The van der Waals surface area contributed by atoms with E-state index in [1.807, 2.05) is 13.8 Å². The maximum Gasteiger partial charge on any atom is 0.410 e. The average Bonchev–Trinajstić information content (AvgIpc) is 3.85. The molecule has 0 aliphatic heterocycles. The van der Waals surface area contributed by atoms with Crippen molar-refractivity contribution >= 4 is 23.4 Å². The first-order valence-electron chi connectivity index (χ1n) is 13.7. The van der Waals surface area contributed by atoms with Gasteiger partial charge >= 0.3 is 6.18 Å². The van der Waals surface area contributed by atoms with Crippen molar-refractivity contribution in [3.63, 3.8) is 0 Å². The number of halogens is 4. The molecular weight excluding hydrogens is 546 g/mol. The molecule has 3 amide bonds. The van der Waals surface area contributed by atoms with Crippen LogP contribution in [-0.4, -0.2) is 57.5 Å². The predicted octanol–water partition coefficient (Wildman–Crippen LogP) is 3.92. The SMILES string of the molecule is CC(C(=O)NC(CO)C(F)(F)F)c1ccc(NC(=O)C(NC(=O)c2ccnn2C(C)C)C(C2CC2)C2CC2)c(F)c1. The molecule has 2 aromatic rings. The monoisotopic (exact) mass is 581 g/mol. The third-order valence-corrected chi connectivity index (χ3v) is 7.72. The Morgan fingerprint density at radius 3 is 2.17 bits per heavy atom. The van der Waals surface area contributed by atoms with E-state index in [4.69, 9.17) is 5.11 Å². The number of nitrogens with zero attached hydrogens (tertiary/aromatic N) is 2. The van der Waals surface area contributed by atoms with Crippen molar-refractivity contribution in [1.29, 1.82) is 0 Å². The second-order valence-electron chi connectivity index (χ2n) is 11.2. The molecule has 13 heteroatoms. The van der Waals surface area contributed by atoms with Crippen LogP contribution in [0.3, 0.4) is 0 Å². The fraction of sp³-hybridized carbons (Fsp3) is 0.571. The molecule has 2 aliphatic rings. The highest BCUT2D eigenvalue weighted by atomic mass is 19.4. The number of aromatic nitrogens is 2. The molecule has 2 aliphatic carbocycles. The maximum absolute atomic E-state index is 15.1. The number of hydrogen-bond acceptors (Lipinski definition) is 5. The minimum absolute atomic E-state index is 0.0810. The molecule has 1 aromatic heterocycles. The number of alkyl halides is 3. The Hall–Kier alpha value is -3.48. The van der Waals surface area contributed by atoms with Crippen molar-refractivity contribution in [3.05, 3.63) is 47.5 Å². The van der Waals surface area contributed by atoms with E-state index in [-0.39, 0.29) is 35.0 Å². The Morgan fingerprint density at radius 2 is 1.66 bits per heavy atom. The zero-order chi connectivity index (χ0) is 30.1. The van der Waals surface area contributed by atoms with Crippen LogP contribution in [0.25, 0.3) is 0 Å². The Balaban J connectivity index is 1.50. The number of aliphatic hydroxyl groups is 1. The molecule has 2 saturated carbocycles. The number of carbonyl (C=O) groups excluding carboxylic acids is 3. The van der Waals surface area contributed by atoms with Gasteiger partial charge in [0.1, 0.15) is 23.6 Å². The number of carbonyl (C=O) groups is 3. The molecule has 41 heavy (non-hydrogen) atoms. The Kier molecular flexibility index (Phi) is 9.05. The molecule has 9 nitrogen and oxygen atoms in total. The van der Waals surface area contributed by atoms with E-state index in [9.17, 15) is 27.6 Å². The third-order valence-electron chi connectivity index (χ3n) is 7.72. The number of benzene rings is 1. The molecule has 0 saturated heterocycles. The fourth-order valence-corrected chi connectivity index (χ4v) is 5.14. The summed E-state index contributed by atoms with van der Waals surface area (Å²) in [5.74, 6) is -3.69. The quantitative estimate of drug-likeness (QED) is 0.283. The summed E-state index contributed by atoms with van der Waals surface area (Å²) in [6.45, 7) is 3.73. The van der Waals surface area contributed by atoms with Gasteiger partial charge in [0.2, 0.25) is 11.8 Å². The van der Waals surface area contributed by atoms with Gasteiger partial charge in [0.25, 0.3) is 5.91 Å². The zero-order valence-electron chi connectivity index (χ0n) is 23.0. The first kappa shape index (κ1) is 30.5. The number of hydrogen-bond donors (Lipinski definition) is 4. The van der Waals surface area contributed by atoms with Crippen LogP contribution >= 0.6 is 0 Å². The summed E-state index contributed by atoms with van der Waals surface area (Å²) in [5, 5.41) is 20.3. The van der Waals surface area contributed by atoms with Gasteiger partial charge in [-0.05, 0) is 88.0 Å². The Morgan fingerprint density at radius 1 is 1.02 bits per heavy atom. The van der Waals surface area contributed by atoms with Crippen LogP contribution in [0.5, 0.6) is 0 Å². The molecule has 3 unspecified atom stereocenters. The molecule has 1 aromatic carbocycles. The van der Waals surface area contributed by atoms with Crippen molar-refractivity contribution in [2.45, 2.75) is 76.7 Å². The van der Waals surface area contributed by atoms with E-state index in [0.29, 0.717) is 5.69 Å². The van der Waals surface area contributed by atoms with Crippen molar-refractivity contribution in [3.8, 4) is 0 Å². The van der Waals surface area contributed by atoms with Gasteiger partial charge in [0.15, 0.2) is 0 Å². The number of aliphatic hydroxyl groups excluding tert-OH is 1. The summed E-state index contributed by atoms with van der Waals surface area (Å²) in [5.41, 5.74) is 0.198. The van der Waals surface area contributed by atoms with Gasteiger partial charge in [-0.1, -0.05) is 6.07 Å². The highest BCUT2D eigenvalue weighted by Crippen LogP contribution is 2.51. The van der Waals surface area contributed by atoms with E-state index in [2.05, 4.69) is 15.7 Å². The van der Waals surface area contributed by atoms with Crippen LogP contribution in [0.1, 0.15) is 74.5 Å². The summed E-state index contributed by atoms with van der Waals surface area (Å²) in [4.78, 5) is 39.2. The van der Waals surface area contributed by atoms with E-state index in [1.165, 1.54) is 25.3 Å². The number of rotatable bonds is 12. The van der Waals surface area contributed by atoms with Crippen LogP contribution in [0.15, 0.2) is 30.5 Å². The Bertz CT molecular complexity index is 1260. The van der Waals surface area contributed by atoms with E-state index < -0.39 is 54.3 Å². The zero-order valence-corrected chi connectivity index (χ0v) is 23.0. The molecule has 2 fully saturated rings. The standard InChI is InChI=1S/C28H35F4N5O4/c1-14(2)37-21(10-11-33-37)26(40)36-24(23(16-4-5-16)17-6-7-17)27(41)34-20-9-8-18(12-19(20)29)15(3)25(39)35-22(13-38)28(30,31)32/h8-12,14-17,22-24,38H,4-7,13H2,1-3H3,(H,34,41)(H,35,39)(H,36,40). The van der Waals surface area contributed by atoms with Crippen molar-refractivity contribution in [1.82, 2.24) is 20.4 Å². The highest BCUT2D eigenvalue weighted by Gasteiger charge is 2.48. The first-order valence-corrected chi connectivity index (χ1v) is 13.7. The summed E-state index contributed by atoms with van der Waals surface area (Å²) >= 11 is 0. The average molecular weight is 582 g/mol. The van der Waals surface area contributed by atoms with Crippen LogP contribution in [0.4, 0.5) is 23.2 Å². The molecule has 0 spiro atoms. The summed E-state index contributed by atoms with van der Waals surface area (Å²) in [6, 6.07) is 1.66. The first-order chi connectivity index (χ1) is 19.3. The normalized spacial score (nSPS) is 17.7. The molecule has 3 atom stereocenters. The number of nitrogens with one attached hydrogen (secondary N) is 3. The lowest BCUT2D eigenvalue weighted by Crippen LogP contribution is -2.50. The molecule has 0 bridgehead atoms. The van der Waals surface area contributed by atoms with Crippen molar-refractivity contribution < 1.29 is 37.1 Å². The lowest BCUT2D eigenvalue weighted by atomic mass is 9.88. The van der Waals surface area contributed by atoms with Gasteiger partial charge in [0.05, 0.1) is 18.2 Å². The predicted molar refractivity (Wildman–Crippen MR) is 141 cm³/mol. The van der Waals surface area contributed by atoms with Crippen molar-refractivity contribution in [2.24, 2.45) is 17.8 Å². The molecular formula is C28H35F4N5O4. The number of amides is 3. The maximum atomic E-state index is 15.1. The molecule has 4 rings (SSSR count). The van der Waals surface area contributed by atoms with Crippen LogP contribution in [-0.2, 0) is 9.59 Å². The molecule has 0 radical (unpaired) electrons. The Labute approximate surface area is 235 Å². The van der Waals surface area contributed by atoms with Gasteiger partial charge < -0.3 is 21.1 Å². The smallest absolute Gasteiger partial charge is 0.394 e. The fourth-order valence-electron chi connectivity index (χ4n) is 5.14. The minimum Gasteiger partial charge on any atom is -0.394 e. The minimum atomic E-state index is -4.84. The van der Waals surface area contributed by atoms with Crippen LogP contribution in [0, 0.1) is 23.6 Å². The second-order valence-corrected chi connectivity index (χ2v) is 11.2. The van der Waals surface area contributed by atoms with Crippen LogP contribution < -0.4 is 16.0 Å². The summed E-state index contributed by atoms with van der Waals surface area (Å²) in [6.07, 6.45) is 0.439. The second kappa shape index (κ2) is 12.2. The van der Waals surface area contributed by atoms with Gasteiger partial charge in [-0.3, -0.25) is 19.1 Å². The lowest BCUT2D eigenvalue weighted by molar-refractivity contribution is -0.168. The number of anilines is 1. The van der Waals surface area contributed by atoms with Gasteiger partial charge in [-0.2, -0.15) is 18.3 Å². The molecule has 224 valence electrons. The highest BCUT2D eigenvalue weighted by molar-refractivity contribution is 6.01. The van der Waals surface area contributed by atoms with Crippen molar-refractivity contribution in [2.75, 3.05) is 11.9 Å². The van der Waals surface area contributed by atoms with Crippen LogP contribution in [0.2, 0.25) is 0 Å². The summed E-state index contributed by atoms with van der Waals surface area (Å²) in [7, 11) is 0. The molecule has 1 heterocycles. The summed E-state index contributed by atoms with van der Waals surface area (Å²) < 4.78 is 55.4. The van der Waals surface area contributed by atoms with Gasteiger partial charge in [0, 0.05) is 12.2 Å². The van der Waals surface area contributed by atoms with E-state index in [0.717, 1.165) is 31.7 Å². The van der Waals surface area contributed by atoms with E-state index >= 15 is 4.39 Å². The van der Waals surface area contributed by atoms with E-state index in [1.54, 1.807) is 16.1 Å². The molecule has 4 N–H and O–H groups in total. The lowest BCUT2D eigenvalue weighted by Gasteiger charge is -2.28. The third kappa shape index (κ3) is 7.24. The van der Waals surface area contributed by atoms with Gasteiger partial charge in [-0.25, -0.2) is 4.39 Å².